The van der Waals surface area contributed by atoms with Crippen LogP contribution in [0.4, 0.5) is 8.78 Å². The summed E-state index contributed by atoms with van der Waals surface area (Å²) >= 11 is 2.98. The molecule has 0 amide bonds. The zero-order valence-electron chi connectivity index (χ0n) is 10.7. The van der Waals surface area contributed by atoms with Crippen molar-refractivity contribution in [3.05, 3.63) is 57.5 Å². The van der Waals surface area contributed by atoms with Gasteiger partial charge in [-0.05, 0) is 52.5 Å². The Morgan fingerprint density at radius 2 is 2.00 bits per heavy atom. The number of hydrogen-bond acceptors (Lipinski definition) is 2. The molecule has 2 nitrogen and oxygen atoms in total. The Kier molecular flexibility index (Phi) is 3.42. The zero-order valence-corrected chi connectivity index (χ0v) is 12.3. The lowest BCUT2D eigenvalue weighted by atomic mass is 10.1. The summed E-state index contributed by atoms with van der Waals surface area (Å²) in [6.45, 7) is 2.11. The molecule has 3 unspecified atom stereocenters. The van der Waals surface area contributed by atoms with E-state index in [0.29, 0.717) is 11.8 Å². The molecule has 1 aromatic carbocycles. The minimum absolute atomic E-state index is 0.107. The van der Waals surface area contributed by atoms with Crippen LogP contribution in [0.5, 0.6) is 0 Å². The Bertz CT molecular complexity index is 653. The van der Waals surface area contributed by atoms with E-state index in [1.165, 1.54) is 6.07 Å². The summed E-state index contributed by atoms with van der Waals surface area (Å²) < 4.78 is 33.3. The van der Waals surface area contributed by atoms with Crippen LogP contribution in [0.2, 0.25) is 0 Å². The number of benzene rings is 1. The quantitative estimate of drug-likeness (QED) is 0.831. The summed E-state index contributed by atoms with van der Waals surface area (Å²) in [6.07, 6.45) is -0.404. The van der Waals surface area contributed by atoms with E-state index in [1.54, 1.807) is 12.1 Å². The maximum Gasteiger partial charge on any atom is 0.146 e. The lowest BCUT2D eigenvalue weighted by Gasteiger charge is -2.11. The van der Waals surface area contributed by atoms with E-state index in [0.717, 1.165) is 18.2 Å². The lowest BCUT2D eigenvalue weighted by Crippen LogP contribution is -2.05. The molecule has 5 heteroatoms. The molecule has 1 aliphatic carbocycles. The molecule has 1 aromatic heterocycles. The third-order valence-corrected chi connectivity index (χ3v) is 4.36. The van der Waals surface area contributed by atoms with E-state index < -0.39 is 23.3 Å². The van der Waals surface area contributed by atoms with E-state index in [1.807, 2.05) is 0 Å². The first kappa shape index (κ1) is 13.8. The Morgan fingerprint density at radius 1 is 1.30 bits per heavy atom. The van der Waals surface area contributed by atoms with Crippen LogP contribution in [-0.2, 0) is 0 Å². The second-order valence-electron chi connectivity index (χ2n) is 5.22. The largest absolute Gasteiger partial charge is 0.463 e. The molecule has 106 valence electrons. The average molecular weight is 343 g/mol. The number of rotatable bonds is 3. The summed E-state index contributed by atoms with van der Waals surface area (Å²) in [5.41, 5.74) is -0.399. The highest BCUT2D eigenvalue weighted by Gasteiger charge is 2.37. The van der Waals surface area contributed by atoms with Gasteiger partial charge in [-0.15, -0.1) is 0 Å². The fourth-order valence-corrected chi connectivity index (χ4v) is 2.71. The number of furan rings is 1. The third-order valence-electron chi connectivity index (χ3n) is 3.74. The minimum atomic E-state index is -1.45. The fraction of sp³-hybridized carbons (Fsp3) is 0.333. The highest BCUT2D eigenvalue weighted by Crippen LogP contribution is 2.48. The summed E-state index contributed by atoms with van der Waals surface area (Å²) in [5.74, 6) is 0.238. The van der Waals surface area contributed by atoms with Crippen molar-refractivity contribution < 1.29 is 18.3 Å². The van der Waals surface area contributed by atoms with Crippen molar-refractivity contribution in [1.29, 1.82) is 0 Å². The van der Waals surface area contributed by atoms with Crippen LogP contribution in [0, 0.1) is 17.6 Å². The summed E-state index contributed by atoms with van der Waals surface area (Å²) in [5, 5.41) is 10.2. The van der Waals surface area contributed by atoms with Crippen molar-refractivity contribution in [3.63, 3.8) is 0 Å². The van der Waals surface area contributed by atoms with Crippen LogP contribution in [0.3, 0.4) is 0 Å². The second-order valence-corrected chi connectivity index (χ2v) is 6.07. The third kappa shape index (κ3) is 2.29. The molecule has 1 aliphatic rings. The number of aliphatic hydroxyl groups is 1. The molecule has 1 N–H and O–H groups in total. The van der Waals surface area contributed by atoms with Gasteiger partial charge in [0.1, 0.15) is 29.3 Å². The zero-order chi connectivity index (χ0) is 14.4. The van der Waals surface area contributed by atoms with Gasteiger partial charge in [-0.2, -0.15) is 0 Å². The smallest absolute Gasteiger partial charge is 0.146 e. The molecule has 2 aromatic rings. The number of aliphatic hydroxyl groups excluding tert-OH is 1. The van der Waals surface area contributed by atoms with Crippen LogP contribution in [0.1, 0.15) is 42.5 Å². The molecule has 0 aliphatic heterocycles. The van der Waals surface area contributed by atoms with Crippen LogP contribution in [-0.4, -0.2) is 5.11 Å². The van der Waals surface area contributed by atoms with Gasteiger partial charge < -0.3 is 9.52 Å². The van der Waals surface area contributed by atoms with E-state index >= 15 is 0 Å². The molecule has 0 bridgehead atoms. The highest BCUT2D eigenvalue weighted by molar-refractivity contribution is 9.10. The van der Waals surface area contributed by atoms with Crippen LogP contribution in [0.15, 0.2) is 33.2 Å². The molecule has 0 saturated heterocycles. The lowest BCUT2D eigenvalue weighted by molar-refractivity contribution is 0.177. The van der Waals surface area contributed by atoms with Gasteiger partial charge in [-0.3, -0.25) is 0 Å². The van der Waals surface area contributed by atoms with Crippen molar-refractivity contribution in [1.82, 2.24) is 0 Å². The minimum Gasteiger partial charge on any atom is -0.463 e. The van der Waals surface area contributed by atoms with Gasteiger partial charge in [-0.25, -0.2) is 8.78 Å². The molecule has 3 rings (SSSR count). The van der Waals surface area contributed by atoms with Gasteiger partial charge in [0.25, 0.3) is 0 Å². The maximum atomic E-state index is 13.9. The molecule has 20 heavy (non-hydrogen) atoms. The first-order chi connectivity index (χ1) is 9.49. The monoisotopic (exact) mass is 342 g/mol. The summed E-state index contributed by atoms with van der Waals surface area (Å²) in [4.78, 5) is 0. The standard InChI is InChI=1S/C15H13BrF2O2/c1-7-6-8(7)11-4-5-12(20-11)15(19)13-10(17)3-2-9(16)14(13)18/h2-5,7-8,15,19H,6H2,1H3. The summed E-state index contributed by atoms with van der Waals surface area (Å²) in [7, 11) is 0. The van der Waals surface area contributed by atoms with Crippen LogP contribution < -0.4 is 0 Å². The molecular weight excluding hydrogens is 330 g/mol. The second kappa shape index (κ2) is 4.97. The Balaban J connectivity index is 1.94. The molecule has 3 atom stereocenters. The number of halogens is 3. The van der Waals surface area contributed by atoms with E-state index in [2.05, 4.69) is 22.9 Å². The van der Waals surface area contributed by atoms with E-state index in [-0.39, 0.29) is 10.2 Å². The molecule has 1 fully saturated rings. The number of hydrogen-bond donors (Lipinski definition) is 1. The van der Waals surface area contributed by atoms with Crippen molar-refractivity contribution in [2.75, 3.05) is 0 Å². The van der Waals surface area contributed by atoms with E-state index in [9.17, 15) is 13.9 Å². The van der Waals surface area contributed by atoms with Crippen molar-refractivity contribution >= 4 is 15.9 Å². The average Bonchev–Trinajstić information content (AvgIpc) is 2.95. The molecular formula is C15H13BrF2O2. The van der Waals surface area contributed by atoms with Crippen molar-refractivity contribution in [3.8, 4) is 0 Å². The Morgan fingerprint density at radius 3 is 2.65 bits per heavy atom. The first-order valence-electron chi connectivity index (χ1n) is 6.40. The molecule has 0 spiro atoms. The maximum absolute atomic E-state index is 13.9. The van der Waals surface area contributed by atoms with Crippen LogP contribution in [0.25, 0.3) is 0 Å². The van der Waals surface area contributed by atoms with Gasteiger partial charge >= 0.3 is 0 Å². The Labute approximate surface area is 123 Å². The van der Waals surface area contributed by atoms with Gasteiger partial charge in [-0.1, -0.05) is 6.92 Å². The van der Waals surface area contributed by atoms with Gasteiger partial charge in [0.2, 0.25) is 0 Å². The van der Waals surface area contributed by atoms with Crippen molar-refractivity contribution in [2.45, 2.75) is 25.4 Å². The molecule has 1 heterocycles. The fourth-order valence-electron chi connectivity index (χ4n) is 2.37. The van der Waals surface area contributed by atoms with E-state index in [4.69, 9.17) is 4.42 Å². The predicted octanol–water partition coefficient (Wildman–Crippen LogP) is 4.53. The topological polar surface area (TPSA) is 33.4 Å². The van der Waals surface area contributed by atoms with Gasteiger partial charge in [0.15, 0.2) is 0 Å². The van der Waals surface area contributed by atoms with Gasteiger partial charge in [0.05, 0.1) is 10.0 Å². The van der Waals surface area contributed by atoms with Crippen molar-refractivity contribution in [2.24, 2.45) is 5.92 Å². The predicted molar refractivity (Wildman–Crippen MR) is 73.3 cm³/mol. The normalized spacial score (nSPS) is 22.9. The Hall–Kier alpha value is -1.20. The van der Waals surface area contributed by atoms with Crippen LogP contribution >= 0.6 is 15.9 Å². The molecule has 0 radical (unpaired) electrons. The summed E-state index contributed by atoms with van der Waals surface area (Å²) in [6, 6.07) is 5.71. The van der Waals surface area contributed by atoms with Gasteiger partial charge in [0, 0.05) is 5.92 Å². The first-order valence-corrected chi connectivity index (χ1v) is 7.19. The molecule has 1 saturated carbocycles. The SMILES string of the molecule is CC1CC1c1ccc(C(O)c2c(F)ccc(Br)c2F)o1. The highest BCUT2D eigenvalue weighted by atomic mass is 79.9.